The lowest BCUT2D eigenvalue weighted by Gasteiger charge is -2.11. The second kappa shape index (κ2) is 4.98. The third kappa shape index (κ3) is 2.26. The number of nitrogens with zero attached hydrogens (tertiary/aromatic N) is 1. The van der Waals surface area contributed by atoms with Crippen molar-refractivity contribution in [3.05, 3.63) is 59.6 Å². The number of nitrogen functional groups attached to an aromatic ring is 1. The Hall–Kier alpha value is -2.33. The number of hydrogen-bond acceptors (Lipinski definition) is 3. The number of aromatic nitrogens is 1. The van der Waals surface area contributed by atoms with E-state index >= 15 is 0 Å². The summed E-state index contributed by atoms with van der Waals surface area (Å²) in [5.74, 6) is 0.532. The summed E-state index contributed by atoms with van der Waals surface area (Å²) in [5, 5.41) is 1.82. The lowest BCUT2D eigenvalue weighted by molar-refractivity contribution is 0.486. The molecule has 0 unspecified atom stereocenters. The number of halogens is 2. The van der Waals surface area contributed by atoms with E-state index in [1.807, 2.05) is 6.07 Å². The lowest BCUT2D eigenvalue weighted by atomic mass is 10.1. The third-order valence-electron chi connectivity index (χ3n) is 2.93. The summed E-state index contributed by atoms with van der Waals surface area (Å²) in [6.07, 6.45) is 3.33. The molecule has 1 heterocycles. The summed E-state index contributed by atoms with van der Waals surface area (Å²) < 4.78 is 18.8. The highest BCUT2D eigenvalue weighted by Gasteiger charge is 2.09. The number of nitrogens with two attached hydrogens (primary N) is 1. The first-order valence-electron chi connectivity index (χ1n) is 5.90. The van der Waals surface area contributed by atoms with Gasteiger partial charge in [-0.1, -0.05) is 11.6 Å². The lowest BCUT2D eigenvalue weighted by Crippen LogP contribution is -1.92. The predicted octanol–water partition coefficient (Wildman–Crippen LogP) is 4.40. The fraction of sp³-hybridized carbons (Fsp3) is 0. The van der Waals surface area contributed by atoms with E-state index in [4.69, 9.17) is 22.1 Å². The van der Waals surface area contributed by atoms with Gasteiger partial charge in [0.1, 0.15) is 17.3 Å². The van der Waals surface area contributed by atoms with Crippen molar-refractivity contribution in [3.8, 4) is 11.5 Å². The van der Waals surface area contributed by atoms with Crippen molar-refractivity contribution >= 4 is 28.1 Å². The first kappa shape index (κ1) is 12.7. The average Bonchev–Trinajstić information content (AvgIpc) is 2.45. The Kier molecular flexibility index (Phi) is 3.16. The standard InChI is InChI=1S/C15H10ClFN2O/c16-12-7-9(17)1-3-15(12)20-14-4-2-13(18)10-5-6-19-8-11(10)14/h1-8H,18H2. The summed E-state index contributed by atoms with van der Waals surface area (Å²) >= 11 is 5.96. The molecular formula is C15H10ClFN2O. The Morgan fingerprint density at radius 1 is 1.05 bits per heavy atom. The molecule has 20 heavy (non-hydrogen) atoms. The number of pyridine rings is 1. The van der Waals surface area contributed by atoms with Gasteiger partial charge in [-0.15, -0.1) is 0 Å². The maximum absolute atomic E-state index is 13.0. The molecule has 3 aromatic rings. The Balaban J connectivity index is 2.09. The van der Waals surface area contributed by atoms with E-state index in [1.165, 1.54) is 18.2 Å². The molecule has 2 aromatic carbocycles. The number of benzene rings is 2. The fourth-order valence-corrected chi connectivity index (χ4v) is 2.16. The van der Waals surface area contributed by atoms with E-state index in [0.717, 1.165) is 10.8 Å². The summed E-state index contributed by atoms with van der Waals surface area (Å²) in [4.78, 5) is 4.06. The van der Waals surface area contributed by atoms with E-state index in [1.54, 1.807) is 24.5 Å². The number of anilines is 1. The Bertz CT molecular complexity index is 792. The van der Waals surface area contributed by atoms with Gasteiger partial charge in [0, 0.05) is 28.9 Å². The molecule has 0 aliphatic rings. The van der Waals surface area contributed by atoms with Crippen molar-refractivity contribution in [2.45, 2.75) is 0 Å². The average molecular weight is 289 g/mol. The van der Waals surface area contributed by atoms with Crippen molar-refractivity contribution < 1.29 is 9.13 Å². The van der Waals surface area contributed by atoms with Gasteiger partial charge in [-0.2, -0.15) is 0 Å². The molecule has 0 spiro atoms. The second-order valence-electron chi connectivity index (χ2n) is 4.25. The zero-order chi connectivity index (χ0) is 14.1. The molecular weight excluding hydrogens is 279 g/mol. The summed E-state index contributed by atoms with van der Waals surface area (Å²) in [6.45, 7) is 0. The van der Waals surface area contributed by atoms with Crippen molar-refractivity contribution in [1.82, 2.24) is 4.98 Å². The van der Waals surface area contributed by atoms with Gasteiger partial charge in [-0.25, -0.2) is 4.39 Å². The third-order valence-corrected chi connectivity index (χ3v) is 3.22. The van der Waals surface area contributed by atoms with Crippen LogP contribution in [0.2, 0.25) is 5.02 Å². The topological polar surface area (TPSA) is 48.1 Å². The molecule has 3 rings (SSSR count). The highest BCUT2D eigenvalue weighted by molar-refractivity contribution is 6.32. The number of fused-ring (bicyclic) bond motifs is 1. The minimum atomic E-state index is -0.411. The van der Waals surface area contributed by atoms with E-state index in [2.05, 4.69) is 4.98 Å². The normalized spacial score (nSPS) is 10.7. The largest absolute Gasteiger partial charge is 0.455 e. The van der Waals surface area contributed by atoms with Gasteiger partial charge < -0.3 is 10.5 Å². The van der Waals surface area contributed by atoms with Crippen molar-refractivity contribution in [2.24, 2.45) is 0 Å². The van der Waals surface area contributed by atoms with Crippen LogP contribution in [-0.4, -0.2) is 4.98 Å². The van der Waals surface area contributed by atoms with Gasteiger partial charge in [0.2, 0.25) is 0 Å². The second-order valence-corrected chi connectivity index (χ2v) is 4.66. The van der Waals surface area contributed by atoms with Crippen LogP contribution in [0.25, 0.3) is 10.8 Å². The predicted molar refractivity (Wildman–Crippen MR) is 77.6 cm³/mol. The van der Waals surface area contributed by atoms with Gasteiger partial charge in [-0.05, 0) is 36.4 Å². The smallest absolute Gasteiger partial charge is 0.146 e. The molecule has 5 heteroatoms. The van der Waals surface area contributed by atoms with Crippen molar-refractivity contribution in [2.75, 3.05) is 5.73 Å². The van der Waals surface area contributed by atoms with E-state index in [-0.39, 0.29) is 5.02 Å². The van der Waals surface area contributed by atoms with Crippen LogP contribution in [0.15, 0.2) is 48.8 Å². The Morgan fingerprint density at radius 2 is 1.85 bits per heavy atom. The van der Waals surface area contributed by atoms with Crippen molar-refractivity contribution in [1.29, 1.82) is 0 Å². The zero-order valence-corrected chi connectivity index (χ0v) is 11.1. The Labute approximate surface area is 119 Å². The molecule has 0 amide bonds. The van der Waals surface area contributed by atoms with Gasteiger partial charge >= 0.3 is 0 Å². The molecule has 3 nitrogen and oxygen atoms in total. The van der Waals surface area contributed by atoms with Crippen LogP contribution < -0.4 is 10.5 Å². The molecule has 0 saturated carbocycles. The van der Waals surface area contributed by atoms with Crippen LogP contribution in [0.5, 0.6) is 11.5 Å². The monoisotopic (exact) mass is 288 g/mol. The first-order valence-corrected chi connectivity index (χ1v) is 6.28. The van der Waals surface area contributed by atoms with Crippen LogP contribution in [-0.2, 0) is 0 Å². The van der Waals surface area contributed by atoms with E-state index < -0.39 is 5.82 Å². The maximum atomic E-state index is 13.0. The van der Waals surface area contributed by atoms with Crippen LogP contribution in [0, 0.1) is 5.82 Å². The molecule has 0 saturated heterocycles. The molecule has 100 valence electrons. The summed E-state index contributed by atoms with van der Waals surface area (Å²) in [5.41, 5.74) is 6.55. The highest BCUT2D eigenvalue weighted by atomic mass is 35.5. The molecule has 0 radical (unpaired) electrons. The minimum absolute atomic E-state index is 0.207. The first-order chi connectivity index (χ1) is 9.65. The van der Waals surface area contributed by atoms with Gasteiger partial charge in [0.05, 0.1) is 5.02 Å². The van der Waals surface area contributed by atoms with Crippen LogP contribution in [0.4, 0.5) is 10.1 Å². The summed E-state index contributed by atoms with van der Waals surface area (Å²) in [7, 11) is 0. The number of rotatable bonds is 2. The summed E-state index contributed by atoms with van der Waals surface area (Å²) in [6, 6.07) is 9.27. The number of ether oxygens (including phenoxy) is 1. The molecule has 1 aromatic heterocycles. The Morgan fingerprint density at radius 3 is 2.65 bits per heavy atom. The van der Waals surface area contributed by atoms with Crippen molar-refractivity contribution in [3.63, 3.8) is 0 Å². The van der Waals surface area contributed by atoms with Crippen LogP contribution >= 0.6 is 11.6 Å². The molecule has 0 atom stereocenters. The van der Waals surface area contributed by atoms with E-state index in [0.29, 0.717) is 17.2 Å². The minimum Gasteiger partial charge on any atom is -0.455 e. The maximum Gasteiger partial charge on any atom is 0.146 e. The van der Waals surface area contributed by atoms with Crippen LogP contribution in [0.3, 0.4) is 0 Å². The zero-order valence-electron chi connectivity index (χ0n) is 10.3. The SMILES string of the molecule is Nc1ccc(Oc2ccc(F)cc2Cl)c2cnccc12. The highest BCUT2D eigenvalue weighted by Crippen LogP contribution is 2.35. The quantitative estimate of drug-likeness (QED) is 0.711. The molecule has 0 bridgehead atoms. The molecule has 0 fully saturated rings. The molecule has 2 N–H and O–H groups in total. The van der Waals surface area contributed by atoms with Crippen LogP contribution in [0.1, 0.15) is 0 Å². The van der Waals surface area contributed by atoms with Gasteiger partial charge in [0.15, 0.2) is 0 Å². The fourth-order valence-electron chi connectivity index (χ4n) is 1.95. The molecule has 0 aliphatic carbocycles. The van der Waals surface area contributed by atoms with Gasteiger partial charge in [0.25, 0.3) is 0 Å². The van der Waals surface area contributed by atoms with E-state index in [9.17, 15) is 4.39 Å². The van der Waals surface area contributed by atoms with Gasteiger partial charge in [-0.3, -0.25) is 4.98 Å². The number of hydrogen-bond donors (Lipinski definition) is 1. The molecule has 0 aliphatic heterocycles.